The molecule has 0 aliphatic carbocycles. The summed E-state index contributed by atoms with van der Waals surface area (Å²) in [5, 5.41) is 3.14. The van der Waals surface area contributed by atoms with Crippen LogP contribution in [0.2, 0.25) is 0 Å². The van der Waals surface area contributed by atoms with Crippen LogP contribution in [-0.2, 0) is 9.59 Å². The molecule has 134 valence electrons. The van der Waals surface area contributed by atoms with E-state index in [0.717, 1.165) is 30.4 Å². The maximum Gasteiger partial charge on any atom is 0.234 e. The Balaban J connectivity index is 1.55. The van der Waals surface area contributed by atoms with Gasteiger partial charge in [-0.1, -0.05) is 60.7 Å². The van der Waals surface area contributed by atoms with E-state index < -0.39 is 0 Å². The van der Waals surface area contributed by atoms with Crippen molar-refractivity contribution >= 4 is 11.8 Å². The van der Waals surface area contributed by atoms with E-state index in [2.05, 4.69) is 5.32 Å². The van der Waals surface area contributed by atoms with Gasteiger partial charge >= 0.3 is 0 Å². The minimum atomic E-state index is -0.274. The van der Waals surface area contributed by atoms with Crippen molar-refractivity contribution in [1.82, 2.24) is 10.2 Å². The van der Waals surface area contributed by atoms with Crippen LogP contribution in [-0.4, -0.2) is 35.3 Å². The normalized spacial score (nSPS) is 19.0. The number of nitrogens with one attached hydrogen (secondary N) is 1. The van der Waals surface area contributed by atoms with Crippen LogP contribution >= 0.6 is 0 Å². The van der Waals surface area contributed by atoms with Crippen molar-refractivity contribution in [1.29, 1.82) is 0 Å². The summed E-state index contributed by atoms with van der Waals surface area (Å²) in [4.78, 5) is 27.0. The van der Waals surface area contributed by atoms with Gasteiger partial charge in [0.2, 0.25) is 11.8 Å². The molecule has 1 spiro atoms. The van der Waals surface area contributed by atoms with Crippen molar-refractivity contribution in [2.75, 3.05) is 13.1 Å². The van der Waals surface area contributed by atoms with Gasteiger partial charge in [0.1, 0.15) is 0 Å². The Morgan fingerprint density at radius 1 is 0.885 bits per heavy atom. The Kier molecular flexibility index (Phi) is 4.49. The Morgan fingerprint density at radius 2 is 1.42 bits per heavy atom. The molecule has 2 amide bonds. The SMILES string of the molecule is O=C1CCC2(CCN(C(=O)C(c3ccccc3)c3ccccc3)CC2)N1. The molecule has 0 atom stereocenters. The molecule has 2 fully saturated rings. The predicted octanol–water partition coefficient (Wildman–Crippen LogP) is 3.09. The molecule has 2 saturated heterocycles. The summed E-state index contributed by atoms with van der Waals surface area (Å²) in [6.45, 7) is 1.41. The zero-order chi connectivity index (χ0) is 18.0. The van der Waals surface area contributed by atoms with E-state index in [-0.39, 0.29) is 23.3 Å². The van der Waals surface area contributed by atoms with E-state index in [1.807, 2.05) is 65.6 Å². The van der Waals surface area contributed by atoms with Gasteiger partial charge < -0.3 is 10.2 Å². The third-order valence-electron chi connectivity index (χ3n) is 5.78. The number of nitrogens with zero attached hydrogens (tertiary/aromatic N) is 1. The van der Waals surface area contributed by atoms with E-state index in [1.165, 1.54) is 0 Å². The van der Waals surface area contributed by atoms with Crippen molar-refractivity contribution in [3.63, 3.8) is 0 Å². The second kappa shape index (κ2) is 6.94. The number of carbonyl (C=O) groups is 2. The first-order valence-electron chi connectivity index (χ1n) is 9.37. The Bertz CT molecular complexity index is 741. The van der Waals surface area contributed by atoms with Gasteiger partial charge in [-0.2, -0.15) is 0 Å². The van der Waals surface area contributed by atoms with Gasteiger partial charge in [0.15, 0.2) is 0 Å². The topological polar surface area (TPSA) is 49.4 Å². The fourth-order valence-corrected chi connectivity index (χ4v) is 4.25. The highest BCUT2D eigenvalue weighted by molar-refractivity contribution is 5.87. The van der Waals surface area contributed by atoms with Gasteiger partial charge in [0, 0.05) is 25.0 Å². The highest BCUT2D eigenvalue weighted by atomic mass is 16.2. The summed E-state index contributed by atoms with van der Waals surface area (Å²) in [5.74, 6) is 0.0300. The van der Waals surface area contributed by atoms with E-state index in [9.17, 15) is 9.59 Å². The van der Waals surface area contributed by atoms with Crippen LogP contribution in [0, 0.1) is 0 Å². The first-order valence-corrected chi connectivity index (χ1v) is 9.37. The third kappa shape index (κ3) is 3.24. The number of rotatable bonds is 3. The summed E-state index contributed by atoms with van der Waals surface area (Å²) in [6, 6.07) is 20.0. The molecule has 2 heterocycles. The first kappa shape index (κ1) is 16.8. The van der Waals surface area contributed by atoms with E-state index in [0.29, 0.717) is 19.5 Å². The fourth-order valence-electron chi connectivity index (χ4n) is 4.25. The maximum absolute atomic E-state index is 13.4. The molecule has 4 rings (SSSR count). The van der Waals surface area contributed by atoms with Crippen LogP contribution in [0.1, 0.15) is 42.7 Å². The Labute approximate surface area is 154 Å². The molecule has 0 bridgehead atoms. The number of amides is 2. The van der Waals surface area contributed by atoms with Crippen molar-refractivity contribution in [3.05, 3.63) is 71.8 Å². The average Bonchev–Trinajstić information content (AvgIpc) is 3.04. The molecule has 4 heteroatoms. The molecule has 0 unspecified atom stereocenters. The largest absolute Gasteiger partial charge is 0.351 e. The molecule has 2 aliphatic heterocycles. The van der Waals surface area contributed by atoms with Crippen LogP contribution in [0.15, 0.2) is 60.7 Å². The lowest BCUT2D eigenvalue weighted by Crippen LogP contribution is -2.53. The van der Waals surface area contributed by atoms with Gasteiger partial charge in [-0.15, -0.1) is 0 Å². The molecule has 0 aromatic heterocycles. The quantitative estimate of drug-likeness (QED) is 0.927. The lowest BCUT2D eigenvalue weighted by atomic mass is 9.84. The summed E-state index contributed by atoms with van der Waals surface area (Å²) in [7, 11) is 0. The standard InChI is InChI=1S/C22H24N2O2/c25-19-11-12-22(23-19)13-15-24(16-14-22)21(26)20(17-7-3-1-4-8-17)18-9-5-2-6-10-18/h1-10,20H,11-16H2,(H,23,25). The second-order valence-electron chi connectivity index (χ2n) is 7.41. The van der Waals surface area contributed by atoms with E-state index >= 15 is 0 Å². The molecule has 1 N–H and O–H groups in total. The number of hydrogen-bond acceptors (Lipinski definition) is 2. The minimum absolute atomic E-state index is 0.0805. The Morgan fingerprint density at radius 3 is 1.88 bits per heavy atom. The molecule has 0 radical (unpaired) electrons. The lowest BCUT2D eigenvalue weighted by Gasteiger charge is -2.40. The zero-order valence-electron chi connectivity index (χ0n) is 14.9. The van der Waals surface area contributed by atoms with E-state index in [1.54, 1.807) is 0 Å². The first-order chi connectivity index (χ1) is 12.7. The summed E-state index contributed by atoms with van der Waals surface area (Å²) in [6.07, 6.45) is 3.21. The third-order valence-corrected chi connectivity index (χ3v) is 5.78. The van der Waals surface area contributed by atoms with Gasteiger partial charge in [-0.3, -0.25) is 9.59 Å². The summed E-state index contributed by atoms with van der Waals surface area (Å²) >= 11 is 0. The molecule has 0 saturated carbocycles. The Hall–Kier alpha value is -2.62. The molecule has 2 aromatic rings. The zero-order valence-corrected chi connectivity index (χ0v) is 14.9. The van der Waals surface area contributed by atoms with Crippen molar-refractivity contribution in [2.24, 2.45) is 0 Å². The molecule has 2 aromatic carbocycles. The van der Waals surface area contributed by atoms with Crippen molar-refractivity contribution in [3.8, 4) is 0 Å². The van der Waals surface area contributed by atoms with E-state index in [4.69, 9.17) is 0 Å². The van der Waals surface area contributed by atoms with Crippen molar-refractivity contribution in [2.45, 2.75) is 37.1 Å². The summed E-state index contributed by atoms with van der Waals surface area (Å²) < 4.78 is 0. The monoisotopic (exact) mass is 348 g/mol. The average molecular weight is 348 g/mol. The predicted molar refractivity (Wildman–Crippen MR) is 101 cm³/mol. The number of hydrogen-bond donors (Lipinski definition) is 1. The smallest absolute Gasteiger partial charge is 0.234 e. The van der Waals surface area contributed by atoms with Crippen molar-refractivity contribution < 1.29 is 9.59 Å². The number of benzene rings is 2. The molecular formula is C22H24N2O2. The molecule has 2 aliphatic rings. The van der Waals surface area contributed by atoms with Crippen LogP contribution in [0.5, 0.6) is 0 Å². The van der Waals surface area contributed by atoms with Gasteiger partial charge in [0.25, 0.3) is 0 Å². The van der Waals surface area contributed by atoms with Gasteiger partial charge in [-0.05, 0) is 30.4 Å². The second-order valence-corrected chi connectivity index (χ2v) is 7.41. The maximum atomic E-state index is 13.4. The van der Waals surface area contributed by atoms with Crippen LogP contribution < -0.4 is 5.32 Å². The van der Waals surface area contributed by atoms with Crippen LogP contribution in [0.4, 0.5) is 0 Å². The van der Waals surface area contributed by atoms with Gasteiger partial charge in [-0.25, -0.2) is 0 Å². The molecule has 4 nitrogen and oxygen atoms in total. The number of piperidine rings is 1. The van der Waals surface area contributed by atoms with Crippen LogP contribution in [0.3, 0.4) is 0 Å². The van der Waals surface area contributed by atoms with Gasteiger partial charge in [0.05, 0.1) is 5.92 Å². The number of likely N-dealkylation sites (tertiary alicyclic amines) is 1. The fraction of sp³-hybridized carbons (Fsp3) is 0.364. The number of carbonyl (C=O) groups excluding carboxylic acids is 2. The highest BCUT2D eigenvalue weighted by Gasteiger charge is 2.42. The molecular weight excluding hydrogens is 324 g/mol. The summed E-state index contributed by atoms with van der Waals surface area (Å²) in [5.41, 5.74) is 1.97. The lowest BCUT2D eigenvalue weighted by molar-refractivity contribution is -0.133. The minimum Gasteiger partial charge on any atom is -0.351 e. The van der Waals surface area contributed by atoms with Crippen LogP contribution in [0.25, 0.3) is 0 Å². The highest BCUT2D eigenvalue weighted by Crippen LogP contribution is 2.34. The molecule has 26 heavy (non-hydrogen) atoms.